The Kier molecular flexibility index (Phi) is 6.21. The van der Waals surface area contributed by atoms with Gasteiger partial charge in [0.25, 0.3) is 0 Å². The Hall–Kier alpha value is -1.82. The maximum atomic E-state index is 11.1. The largest absolute Gasteiger partial charge is 0.478 e. The van der Waals surface area contributed by atoms with E-state index < -0.39 is 5.97 Å². The first-order chi connectivity index (χ1) is 11.0. The number of carboxylic acids is 1. The topological polar surface area (TPSA) is 65.7 Å². The summed E-state index contributed by atoms with van der Waals surface area (Å²) in [7, 11) is 4.10. The number of aromatic carboxylic acids is 1. The molecule has 0 unspecified atom stereocenters. The number of furan rings is 1. The lowest BCUT2D eigenvalue weighted by Crippen LogP contribution is -2.20. The highest BCUT2D eigenvalue weighted by Crippen LogP contribution is 2.30. The maximum absolute atomic E-state index is 11.1. The zero-order valence-corrected chi connectivity index (χ0v) is 14.1. The number of hydrogen-bond donors (Lipinski definition) is 2. The van der Waals surface area contributed by atoms with Crippen molar-refractivity contribution in [1.29, 1.82) is 0 Å². The third-order valence-corrected chi connectivity index (χ3v) is 3.73. The van der Waals surface area contributed by atoms with Gasteiger partial charge in [0.05, 0.1) is 17.1 Å². The molecular formula is C17H21ClN2O3. The molecule has 1 aromatic carbocycles. The van der Waals surface area contributed by atoms with Gasteiger partial charge in [0, 0.05) is 5.56 Å². The Morgan fingerprint density at radius 2 is 2.09 bits per heavy atom. The van der Waals surface area contributed by atoms with E-state index in [4.69, 9.17) is 21.1 Å². The van der Waals surface area contributed by atoms with Crippen molar-refractivity contribution in [1.82, 2.24) is 10.2 Å². The molecule has 0 fully saturated rings. The van der Waals surface area contributed by atoms with Crippen molar-refractivity contribution < 1.29 is 14.3 Å². The molecule has 2 aromatic rings. The SMILES string of the molecule is CN(C)CCCNCc1ccc(-c2cc(C(=O)O)ccc2Cl)o1. The van der Waals surface area contributed by atoms with E-state index in [0.717, 1.165) is 25.3 Å². The first-order valence-corrected chi connectivity index (χ1v) is 7.82. The van der Waals surface area contributed by atoms with E-state index in [2.05, 4.69) is 10.2 Å². The molecular weight excluding hydrogens is 316 g/mol. The summed E-state index contributed by atoms with van der Waals surface area (Å²) in [6.07, 6.45) is 1.06. The van der Waals surface area contributed by atoms with Crippen LogP contribution in [-0.2, 0) is 6.54 Å². The predicted molar refractivity (Wildman–Crippen MR) is 91.0 cm³/mol. The quantitative estimate of drug-likeness (QED) is 0.724. The highest BCUT2D eigenvalue weighted by Gasteiger charge is 2.12. The number of nitrogens with zero attached hydrogens (tertiary/aromatic N) is 1. The molecule has 0 atom stereocenters. The van der Waals surface area contributed by atoms with Gasteiger partial charge >= 0.3 is 5.97 Å². The van der Waals surface area contributed by atoms with Crippen LogP contribution in [-0.4, -0.2) is 43.2 Å². The molecule has 1 aromatic heterocycles. The Morgan fingerprint density at radius 1 is 1.30 bits per heavy atom. The molecule has 1 heterocycles. The third-order valence-electron chi connectivity index (χ3n) is 3.40. The maximum Gasteiger partial charge on any atom is 0.335 e. The number of rotatable bonds is 8. The summed E-state index contributed by atoms with van der Waals surface area (Å²) in [6.45, 7) is 2.57. The van der Waals surface area contributed by atoms with Gasteiger partial charge in [-0.2, -0.15) is 0 Å². The van der Waals surface area contributed by atoms with E-state index in [1.54, 1.807) is 6.07 Å². The van der Waals surface area contributed by atoms with Crippen molar-refractivity contribution in [2.45, 2.75) is 13.0 Å². The number of hydrogen-bond acceptors (Lipinski definition) is 4. The van der Waals surface area contributed by atoms with Crippen LogP contribution in [0.25, 0.3) is 11.3 Å². The molecule has 6 heteroatoms. The molecule has 0 radical (unpaired) electrons. The minimum Gasteiger partial charge on any atom is -0.478 e. The normalized spacial score (nSPS) is 11.1. The Bertz CT molecular complexity index is 668. The van der Waals surface area contributed by atoms with Gasteiger partial charge in [-0.15, -0.1) is 0 Å². The van der Waals surface area contributed by atoms with Gasteiger partial charge in [0.15, 0.2) is 0 Å². The summed E-state index contributed by atoms with van der Waals surface area (Å²) in [5, 5.41) is 12.9. The summed E-state index contributed by atoms with van der Waals surface area (Å²) in [5.74, 6) is 0.377. The molecule has 0 aliphatic heterocycles. The van der Waals surface area contributed by atoms with Crippen LogP contribution in [0.1, 0.15) is 22.5 Å². The van der Waals surface area contributed by atoms with Crippen LogP contribution in [0.4, 0.5) is 0 Å². The van der Waals surface area contributed by atoms with Gasteiger partial charge < -0.3 is 19.7 Å². The molecule has 0 aliphatic rings. The molecule has 0 amide bonds. The summed E-state index contributed by atoms with van der Waals surface area (Å²) < 4.78 is 5.76. The van der Waals surface area contributed by atoms with Crippen molar-refractivity contribution in [2.24, 2.45) is 0 Å². The van der Waals surface area contributed by atoms with Crippen molar-refractivity contribution in [3.8, 4) is 11.3 Å². The van der Waals surface area contributed by atoms with Crippen molar-refractivity contribution in [2.75, 3.05) is 27.2 Å². The fraction of sp³-hybridized carbons (Fsp3) is 0.353. The molecule has 0 spiro atoms. The second kappa shape index (κ2) is 8.15. The highest BCUT2D eigenvalue weighted by atomic mass is 35.5. The first kappa shape index (κ1) is 17.5. The van der Waals surface area contributed by atoms with E-state index >= 15 is 0 Å². The fourth-order valence-corrected chi connectivity index (χ4v) is 2.41. The van der Waals surface area contributed by atoms with E-state index in [0.29, 0.717) is 22.9 Å². The van der Waals surface area contributed by atoms with Gasteiger partial charge in [0.2, 0.25) is 0 Å². The smallest absolute Gasteiger partial charge is 0.335 e. The van der Waals surface area contributed by atoms with Crippen LogP contribution in [0.5, 0.6) is 0 Å². The summed E-state index contributed by atoms with van der Waals surface area (Å²) in [5.41, 5.74) is 0.773. The zero-order chi connectivity index (χ0) is 16.8. The van der Waals surface area contributed by atoms with Crippen LogP contribution in [0.2, 0.25) is 5.02 Å². The van der Waals surface area contributed by atoms with Gasteiger partial charge in [-0.05, 0) is 63.9 Å². The van der Waals surface area contributed by atoms with Crippen LogP contribution in [0.3, 0.4) is 0 Å². The lowest BCUT2D eigenvalue weighted by Gasteiger charge is -2.09. The molecule has 5 nitrogen and oxygen atoms in total. The second-order valence-electron chi connectivity index (χ2n) is 5.60. The van der Waals surface area contributed by atoms with Crippen molar-refractivity contribution >= 4 is 17.6 Å². The number of carboxylic acid groups (broad SMARTS) is 1. The van der Waals surface area contributed by atoms with Crippen LogP contribution >= 0.6 is 11.6 Å². The Labute approximate surface area is 140 Å². The van der Waals surface area contributed by atoms with Gasteiger partial charge in [-0.1, -0.05) is 11.6 Å². The van der Waals surface area contributed by atoms with Crippen molar-refractivity contribution in [3.05, 3.63) is 46.7 Å². The lowest BCUT2D eigenvalue weighted by molar-refractivity contribution is 0.0697. The van der Waals surface area contributed by atoms with E-state index in [1.807, 2.05) is 26.2 Å². The first-order valence-electron chi connectivity index (χ1n) is 7.44. The van der Waals surface area contributed by atoms with Gasteiger partial charge in [-0.25, -0.2) is 4.79 Å². The summed E-state index contributed by atoms with van der Waals surface area (Å²) in [4.78, 5) is 13.2. The van der Waals surface area contributed by atoms with E-state index in [1.165, 1.54) is 12.1 Å². The highest BCUT2D eigenvalue weighted by molar-refractivity contribution is 6.33. The van der Waals surface area contributed by atoms with Gasteiger partial charge in [0.1, 0.15) is 11.5 Å². The summed E-state index contributed by atoms with van der Waals surface area (Å²) in [6, 6.07) is 8.26. The van der Waals surface area contributed by atoms with Crippen LogP contribution < -0.4 is 5.32 Å². The molecule has 2 N–H and O–H groups in total. The minimum atomic E-state index is -0.989. The van der Waals surface area contributed by atoms with Crippen LogP contribution in [0.15, 0.2) is 34.7 Å². The second-order valence-corrected chi connectivity index (χ2v) is 6.01. The molecule has 0 saturated carbocycles. The van der Waals surface area contributed by atoms with E-state index in [-0.39, 0.29) is 5.56 Å². The standard InChI is InChI=1S/C17H21ClN2O3/c1-20(2)9-3-8-19-11-13-5-7-16(23-13)14-10-12(17(21)22)4-6-15(14)18/h4-7,10,19H,3,8-9,11H2,1-2H3,(H,21,22). The monoisotopic (exact) mass is 336 g/mol. The number of nitrogens with one attached hydrogen (secondary N) is 1. The lowest BCUT2D eigenvalue weighted by atomic mass is 10.1. The molecule has 124 valence electrons. The van der Waals surface area contributed by atoms with E-state index in [9.17, 15) is 4.79 Å². The molecule has 0 bridgehead atoms. The predicted octanol–water partition coefficient (Wildman–Crippen LogP) is 3.34. The summed E-state index contributed by atoms with van der Waals surface area (Å²) >= 11 is 6.15. The molecule has 2 rings (SSSR count). The third kappa shape index (κ3) is 5.10. The minimum absolute atomic E-state index is 0.184. The van der Waals surface area contributed by atoms with Crippen molar-refractivity contribution in [3.63, 3.8) is 0 Å². The number of carbonyl (C=O) groups is 1. The molecule has 0 aliphatic carbocycles. The Morgan fingerprint density at radius 3 is 2.78 bits per heavy atom. The molecule has 23 heavy (non-hydrogen) atoms. The van der Waals surface area contributed by atoms with Gasteiger partial charge in [-0.3, -0.25) is 0 Å². The van der Waals surface area contributed by atoms with Crippen LogP contribution in [0, 0.1) is 0 Å². The Balaban J connectivity index is 1.99. The number of benzene rings is 1. The average molecular weight is 337 g/mol. The molecule has 0 saturated heterocycles. The average Bonchev–Trinajstić information content (AvgIpc) is 2.95. The fourth-order valence-electron chi connectivity index (χ4n) is 2.20. The number of halogens is 1. The zero-order valence-electron chi connectivity index (χ0n) is 13.3.